The lowest BCUT2D eigenvalue weighted by atomic mass is 10.0. The van der Waals surface area contributed by atoms with Gasteiger partial charge in [0.2, 0.25) is 0 Å². The molecule has 18 heavy (non-hydrogen) atoms. The summed E-state index contributed by atoms with van der Waals surface area (Å²) < 4.78 is 0. The number of hydrogen-bond donors (Lipinski definition) is 2. The maximum Gasteiger partial charge on any atom is 0.191 e. The van der Waals surface area contributed by atoms with Crippen molar-refractivity contribution in [3.05, 3.63) is 35.9 Å². The van der Waals surface area contributed by atoms with Crippen molar-refractivity contribution in [2.24, 2.45) is 4.99 Å². The molecular weight excluding hydrogens is 222 g/mol. The molecule has 0 bridgehead atoms. The normalized spacial score (nSPS) is 15.0. The number of rotatable bonds is 5. The minimum atomic E-state index is 0.447. The van der Waals surface area contributed by atoms with Gasteiger partial charge in [-0.25, -0.2) is 0 Å². The molecule has 0 aliphatic heterocycles. The van der Waals surface area contributed by atoms with Crippen molar-refractivity contribution >= 4 is 5.96 Å². The molecule has 0 heterocycles. The Bertz CT molecular complexity index is 359. The summed E-state index contributed by atoms with van der Waals surface area (Å²) in [5.41, 5.74) is 1.35. The van der Waals surface area contributed by atoms with E-state index in [1.54, 1.807) is 0 Å². The van der Waals surface area contributed by atoms with Crippen LogP contribution in [0.25, 0.3) is 0 Å². The predicted octanol–water partition coefficient (Wildman–Crippen LogP) is 2.75. The van der Waals surface area contributed by atoms with E-state index in [4.69, 9.17) is 0 Å². The minimum Gasteiger partial charge on any atom is -0.356 e. The van der Waals surface area contributed by atoms with Gasteiger partial charge in [0.1, 0.15) is 0 Å². The van der Waals surface area contributed by atoms with Crippen molar-refractivity contribution in [2.75, 3.05) is 13.6 Å². The van der Waals surface area contributed by atoms with Crippen LogP contribution in [0, 0.1) is 0 Å². The molecule has 2 unspecified atom stereocenters. The molecule has 1 rings (SSSR count). The van der Waals surface area contributed by atoms with Crippen LogP contribution < -0.4 is 10.6 Å². The SMILES string of the molecule is CCC(C)NC(=NC)NCC(C)c1ccccc1. The highest BCUT2D eigenvalue weighted by Crippen LogP contribution is 2.12. The fourth-order valence-electron chi connectivity index (χ4n) is 1.68. The summed E-state index contributed by atoms with van der Waals surface area (Å²) in [6.45, 7) is 7.43. The molecule has 1 aromatic carbocycles. The number of nitrogens with one attached hydrogen (secondary N) is 2. The Morgan fingerprint density at radius 1 is 1.22 bits per heavy atom. The number of hydrogen-bond acceptors (Lipinski definition) is 1. The van der Waals surface area contributed by atoms with E-state index in [0.717, 1.165) is 18.9 Å². The first-order valence-corrected chi connectivity index (χ1v) is 6.69. The number of guanidine groups is 1. The van der Waals surface area contributed by atoms with Crippen LogP contribution in [0.15, 0.2) is 35.3 Å². The maximum atomic E-state index is 4.24. The van der Waals surface area contributed by atoms with Crippen LogP contribution in [0.5, 0.6) is 0 Å². The van der Waals surface area contributed by atoms with Crippen molar-refractivity contribution in [3.63, 3.8) is 0 Å². The van der Waals surface area contributed by atoms with E-state index in [9.17, 15) is 0 Å². The predicted molar refractivity (Wildman–Crippen MR) is 79.1 cm³/mol. The van der Waals surface area contributed by atoms with Crippen molar-refractivity contribution < 1.29 is 0 Å². The first-order chi connectivity index (χ1) is 8.67. The molecule has 0 aliphatic rings. The Balaban J connectivity index is 2.44. The Hall–Kier alpha value is -1.51. The van der Waals surface area contributed by atoms with Crippen LogP contribution in [-0.4, -0.2) is 25.6 Å². The molecule has 0 spiro atoms. The standard InChI is InChI=1S/C15H25N3/c1-5-13(3)18-15(16-4)17-11-12(2)14-9-7-6-8-10-14/h6-10,12-13H,5,11H2,1-4H3,(H2,16,17,18). The van der Waals surface area contributed by atoms with Crippen molar-refractivity contribution in [1.82, 2.24) is 10.6 Å². The molecule has 3 nitrogen and oxygen atoms in total. The number of aliphatic imine (C=N–C) groups is 1. The fourth-order valence-corrected chi connectivity index (χ4v) is 1.68. The van der Waals surface area contributed by atoms with E-state index >= 15 is 0 Å². The molecule has 0 saturated heterocycles. The van der Waals surface area contributed by atoms with Crippen molar-refractivity contribution in [1.29, 1.82) is 0 Å². The maximum absolute atomic E-state index is 4.24. The lowest BCUT2D eigenvalue weighted by Gasteiger charge is -2.19. The molecule has 0 aromatic heterocycles. The second-order valence-electron chi connectivity index (χ2n) is 4.72. The van der Waals surface area contributed by atoms with Gasteiger partial charge in [0.15, 0.2) is 5.96 Å². The minimum absolute atomic E-state index is 0.447. The smallest absolute Gasteiger partial charge is 0.191 e. The molecular formula is C15H25N3. The van der Waals surface area contributed by atoms with Gasteiger partial charge in [-0.15, -0.1) is 0 Å². The second-order valence-corrected chi connectivity index (χ2v) is 4.72. The quantitative estimate of drug-likeness (QED) is 0.620. The Labute approximate surface area is 111 Å². The van der Waals surface area contributed by atoms with Gasteiger partial charge >= 0.3 is 0 Å². The highest BCUT2D eigenvalue weighted by atomic mass is 15.2. The summed E-state index contributed by atoms with van der Waals surface area (Å²) in [4.78, 5) is 4.24. The zero-order chi connectivity index (χ0) is 13.4. The average molecular weight is 247 g/mol. The van der Waals surface area contributed by atoms with Gasteiger partial charge in [0.25, 0.3) is 0 Å². The Kier molecular flexibility index (Phi) is 6.26. The van der Waals surface area contributed by atoms with E-state index in [0.29, 0.717) is 12.0 Å². The lowest BCUT2D eigenvalue weighted by molar-refractivity contribution is 0.614. The van der Waals surface area contributed by atoms with Crippen molar-refractivity contribution in [2.45, 2.75) is 39.2 Å². The molecule has 2 N–H and O–H groups in total. The van der Waals surface area contributed by atoms with Gasteiger partial charge in [0.05, 0.1) is 0 Å². The van der Waals surface area contributed by atoms with Crippen LogP contribution >= 0.6 is 0 Å². The molecule has 100 valence electrons. The third kappa shape index (κ3) is 4.78. The molecule has 0 amide bonds. The Morgan fingerprint density at radius 2 is 1.89 bits per heavy atom. The summed E-state index contributed by atoms with van der Waals surface area (Å²) in [6.07, 6.45) is 1.09. The number of nitrogens with zero attached hydrogens (tertiary/aromatic N) is 1. The van der Waals surface area contributed by atoms with Crippen LogP contribution in [-0.2, 0) is 0 Å². The van der Waals surface area contributed by atoms with Crippen LogP contribution in [0.2, 0.25) is 0 Å². The third-order valence-electron chi connectivity index (χ3n) is 3.16. The summed E-state index contributed by atoms with van der Waals surface area (Å²) in [5.74, 6) is 1.36. The first-order valence-electron chi connectivity index (χ1n) is 6.69. The summed E-state index contributed by atoms with van der Waals surface area (Å²) in [7, 11) is 1.81. The molecule has 0 saturated carbocycles. The number of benzene rings is 1. The van der Waals surface area contributed by atoms with Crippen LogP contribution in [0.1, 0.15) is 38.7 Å². The van der Waals surface area contributed by atoms with Crippen molar-refractivity contribution in [3.8, 4) is 0 Å². The molecule has 0 aliphatic carbocycles. The lowest BCUT2D eigenvalue weighted by Crippen LogP contribution is -2.43. The zero-order valence-electron chi connectivity index (χ0n) is 11.9. The highest BCUT2D eigenvalue weighted by Gasteiger charge is 2.07. The van der Waals surface area contributed by atoms with Gasteiger partial charge in [-0.2, -0.15) is 0 Å². The average Bonchev–Trinajstić information content (AvgIpc) is 2.43. The second kappa shape index (κ2) is 7.75. The van der Waals surface area contributed by atoms with E-state index in [-0.39, 0.29) is 0 Å². The zero-order valence-corrected chi connectivity index (χ0v) is 11.9. The molecule has 1 aromatic rings. The molecule has 3 heteroatoms. The fraction of sp³-hybridized carbons (Fsp3) is 0.533. The van der Waals surface area contributed by atoms with Gasteiger partial charge in [-0.05, 0) is 24.8 Å². The summed E-state index contributed by atoms with van der Waals surface area (Å²) in [5, 5.41) is 6.73. The molecule has 2 atom stereocenters. The van der Waals surface area contributed by atoms with Gasteiger partial charge < -0.3 is 10.6 Å². The third-order valence-corrected chi connectivity index (χ3v) is 3.16. The van der Waals surface area contributed by atoms with E-state index in [1.165, 1.54) is 5.56 Å². The highest BCUT2D eigenvalue weighted by molar-refractivity contribution is 5.79. The Morgan fingerprint density at radius 3 is 2.44 bits per heavy atom. The van der Waals surface area contributed by atoms with Crippen LogP contribution in [0.3, 0.4) is 0 Å². The molecule has 0 fully saturated rings. The molecule has 0 radical (unpaired) electrons. The largest absolute Gasteiger partial charge is 0.356 e. The van der Waals surface area contributed by atoms with Gasteiger partial charge in [0, 0.05) is 19.6 Å². The van der Waals surface area contributed by atoms with E-state index in [2.05, 4.69) is 60.7 Å². The summed E-state index contributed by atoms with van der Waals surface area (Å²) >= 11 is 0. The van der Waals surface area contributed by atoms with Gasteiger partial charge in [-0.3, -0.25) is 4.99 Å². The first kappa shape index (κ1) is 14.6. The van der Waals surface area contributed by atoms with E-state index in [1.807, 2.05) is 13.1 Å². The van der Waals surface area contributed by atoms with Crippen LogP contribution in [0.4, 0.5) is 0 Å². The van der Waals surface area contributed by atoms with E-state index < -0.39 is 0 Å². The van der Waals surface area contributed by atoms with Gasteiger partial charge in [-0.1, -0.05) is 44.2 Å². The topological polar surface area (TPSA) is 36.4 Å². The summed E-state index contributed by atoms with van der Waals surface area (Å²) in [6, 6.07) is 11.0. The monoisotopic (exact) mass is 247 g/mol.